The van der Waals surface area contributed by atoms with Gasteiger partial charge in [0.15, 0.2) is 0 Å². The molecule has 1 aromatic carbocycles. The van der Waals surface area contributed by atoms with E-state index in [4.69, 9.17) is 16.3 Å². The Kier molecular flexibility index (Phi) is 4.61. The van der Waals surface area contributed by atoms with Crippen LogP contribution in [-0.4, -0.2) is 12.6 Å². The van der Waals surface area contributed by atoms with Crippen LogP contribution in [-0.2, 0) is 4.74 Å². The lowest BCUT2D eigenvalue weighted by atomic mass is 10.1. The molecule has 0 heterocycles. The molecule has 1 aromatic rings. The number of hydrogen-bond acceptors (Lipinski definition) is 2. The summed E-state index contributed by atoms with van der Waals surface area (Å²) < 4.78 is 4.96. The van der Waals surface area contributed by atoms with Crippen LogP contribution >= 0.6 is 27.5 Å². The van der Waals surface area contributed by atoms with Crippen molar-refractivity contribution in [1.82, 2.24) is 0 Å². The molecule has 15 heavy (non-hydrogen) atoms. The lowest BCUT2D eigenvalue weighted by Crippen LogP contribution is -2.08. The first-order chi connectivity index (χ1) is 7.06. The van der Waals surface area contributed by atoms with Crippen molar-refractivity contribution in [2.24, 2.45) is 0 Å². The first kappa shape index (κ1) is 12.5. The van der Waals surface area contributed by atoms with E-state index < -0.39 is 0 Å². The SMILES string of the molecule is CCOC(=O)c1cc(Cl)ccc1C(C)Br. The fourth-order valence-corrected chi connectivity index (χ4v) is 1.83. The maximum absolute atomic E-state index is 11.6. The van der Waals surface area contributed by atoms with Gasteiger partial charge >= 0.3 is 5.97 Å². The number of esters is 1. The molecule has 82 valence electrons. The van der Waals surface area contributed by atoms with Gasteiger partial charge in [0.2, 0.25) is 0 Å². The summed E-state index contributed by atoms with van der Waals surface area (Å²) in [5.74, 6) is -0.332. The van der Waals surface area contributed by atoms with Gasteiger partial charge in [0.05, 0.1) is 12.2 Å². The third kappa shape index (κ3) is 3.21. The number of benzene rings is 1. The predicted molar refractivity (Wildman–Crippen MR) is 64.8 cm³/mol. The fourth-order valence-electron chi connectivity index (χ4n) is 1.26. The molecule has 0 aliphatic rings. The van der Waals surface area contributed by atoms with Gasteiger partial charge in [-0.05, 0) is 31.5 Å². The third-order valence-electron chi connectivity index (χ3n) is 1.94. The minimum absolute atomic E-state index is 0.0918. The molecule has 0 N–H and O–H groups in total. The van der Waals surface area contributed by atoms with Crippen molar-refractivity contribution in [3.8, 4) is 0 Å². The maximum Gasteiger partial charge on any atom is 0.338 e. The molecular weight excluding hydrogens is 279 g/mol. The molecule has 4 heteroatoms. The number of carbonyl (C=O) groups excluding carboxylic acids is 1. The van der Waals surface area contributed by atoms with Gasteiger partial charge in [-0.3, -0.25) is 0 Å². The largest absolute Gasteiger partial charge is 0.462 e. The molecule has 0 aromatic heterocycles. The summed E-state index contributed by atoms with van der Waals surface area (Å²) in [5.41, 5.74) is 1.41. The first-order valence-corrected chi connectivity index (χ1v) is 5.96. The minimum atomic E-state index is -0.332. The van der Waals surface area contributed by atoms with Crippen molar-refractivity contribution in [3.05, 3.63) is 34.3 Å². The summed E-state index contributed by atoms with van der Waals surface area (Å²) in [6.07, 6.45) is 0. The van der Waals surface area contributed by atoms with Crippen molar-refractivity contribution in [2.45, 2.75) is 18.7 Å². The highest BCUT2D eigenvalue weighted by atomic mass is 79.9. The van der Waals surface area contributed by atoms with E-state index in [1.54, 1.807) is 19.1 Å². The predicted octanol–water partition coefficient (Wildman–Crippen LogP) is 3.97. The van der Waals surface area contributed by atoms with Crippen LogP contribution in [0.15, 0.2) is 18.2 Å². The van der Waals surface area contributed by atoms with Gasteiger partial charge in [0.25, 0.3) is 0 Å². The Hall–Kier alpha value is -0.540. The van der Waals surface area contributed by atoms with Crippen molar-refractivity contribution in [3.63, 3.8) is 0 Å². The molecule has 0 aliphatic heterocycles. The first-order valence-electron chi connectivity index (χ1n) is 4.67. The molecule has 0 spiro atoms. The monoisotopic (exact) mass is 290 g/mol. The van der Waals surface area contributed by atoms with Crippen LogP contribution in [0.1, 0.15) is 34.6 Å². The Bertz CT molecular complexity index is 364. The zero-order chi connectivity index (χ0) is 11.4. The topological polar surface area (TPSA) is 26.3 Å². The molecule has 0 fully saturated rings. The van der Waals surface area contributed by atoms with E-state index in [0.29, 0.717) is 17.2 Å². The second-order valence-electron chi connectivity index (χ2n) is 3.07. The smallest absolute Gasteiger partial charge is 0.338 e. The highest BCUT2D eigenvalue weighted by molar-refractivity contribution is 9.09. The molecule has 1 rings (SSSR count). The van der Waals surface area contributed by atoms with E-state index in [-0.39, 0.29) is 10.8 Å². The van der Waals surface area contributed by atoms with Crippen LogP contribution < -0.4 is 0 Å². The molecule has 0 saturated heterocycles. The normalized spacial score (nSPS) is 12.3. The number of rotatable bonds is 3. The summed E-state index contributed by atoms with van der Waals surface area (Å²) in [5, 5.41) is 0.537. The summed E-state index contributed by atoms with van der Waals surface area (Å²) >= 11 is 9.27. The van der Waals surface area contributed by atoms with Gasteiger partial charge in [-0.25, -0.2) is 4.79 Å². The Balaban J connectivity index is 3.12. The molecule has 0 amide bonds. The van der Waals surface area contributed by atoms with Crippen molar-refractivity contribution >= 4 is 33.5 Å². The van der Waals surface area contributed by atoms with Crippen LogP contribution in [0.2, 0.25) is 5.02 Å². The van der Waals surface area contributed by atoms with E-state index >= 15 is 0 Å². The van der Waals surface area contributed by atoms with Crippen molar-refractivity contribution < 1.29 is 9.53 Å². The Morgan fingerprint density at radius 2 is 2.27 bits per heavy atom. The van der Waals surface area contributed by atoms with Gasteiger partial charge in [0.1, 0.15) is 0 Å². The van der Waals surface area contributed by atoms with E-state index in [2.05, 4.69) is 15.9 Å². The Labute approximate surface area is 103 Å². The van der Waals surface area contributed by atoms with Crippen molar-refractivity contribution in [2.75, 3.05) is 6.61 Å². The second-order valence-corrected chi connectivity index (χ2v) is 4.88. The summed E-state index contributed by atoms with van der Waals surface area (Å²) in [4.78, 5) is 11.7. The lowest BCUT2D eigenvalue weighted by molar-refractivity contribution is 0.0525. The van der Waals surface area contributed by atoms with Crippen LogP contribution in [0.25, 0.3) is 0 Å². The van der Waals surface area contributed by atoms with Gasteiger partial charge in [-0.2, -0.15) is 0 Å². The average Bonchev–Trinajstić information content (AvgIpc) is 2.17. The zero-order valence-corrected chi connectivity index (χ0v) is 10.9. The van der Waals surface area contributed by atoms with Gasteiger partial charge in [-0.1, -0.05) is 33.6 Å². The molecule has 0 bridgehead atoms. The standard InChI is InChI=1S/C11H12BrClO2/c1-3-15-11(14)10-6-8(13)4-5-9(10)7(2)12/h4-7H,3H2,1-2H3. The van der Waals surface area contributed by atoms with Gasteiger partial charge in [0, 0.05) is 9.85 Å². The second kappa shape index (κ2) is 5.52. The van der Waals surface area contributed by atoms with Crippen LogP contribution in [0, 0.1) is 0 Å². The summed E-state index contributed by atoms with van der Waals surface area (Å²) in [6, 6.07) is 5.22. The Morgan fingerprint density at radius 3 is 2.80 bits per heavy atom. The number of carbonyl (C=O) groups is 1. The fraction of sp³-hybridized carbons (Fsp3) is 0.364. The summed E-state index contributed by atoms with van der Waals surface area (Å²) in [6.45, 7) is 4.09. The average molecular weight is 292 g/mol. The molecule has 0 saturated carbocycles. The van der Waals surface area contributed by atoms with E-state index in [0.717, 1.165) is 5.56 Å². The number of ether oxygens (including phenoxy) is 1. The van der Waals surface area contributed by atoms with Crippen LogP contribution in [0.5, 0.6) is 0 Å². The number of alkyl halides is 1. The maximum atomic E-state index is 11.6. The molecule has 2 nitrogen and oxygen atoms in total. The van der Waals surface area contributed by atoms with Gasteiger partial charge < -0.3 is 4.74 Å². The Morgan fingerprint density at radius 1 is 1.60 bits per heavy atom. The van der Waals surface area contributed by atoms with Crippen LogP contribution in [0.3, 0.4) is 0 Å². The lowest BCUT2D eigenvalue weighted by Gasteiger charge is -2.10. The van der Waals surface area contributed by atoms with E-state index in [1.807, 2.05) is 13.0 Å². The number of hydrogen-bond donors (Lipinski definition) is 0. The minimum Gasteiger partial charge on any atom is -0.462 e. The molecule has 1 unspecified atom stereocenters. The zero-order valence-electron chi connectivity index (χ0n) is 8.59. The number of halogens is 2. The molecule has 1 atom stereocenters. The highest BCUT2D eigenvalue weighted by Crippen LogP contribution is 2.28. The van der Waals surface area contributed by atoms with E-state index in [1.165, 1.54) is 0 Å². The molecule has 0 radical (unpaired) electrons. The van der Waals surface area contributed by atoms with Gasteiger partial charge in [-0.15, -0.1) is 0 Å². The summed E-state index contributed by atoms with van der Waals surface area (Å²) in [7, 11) is 0. The molecular formula is C11H12BrClO2. The van der Waals surface area contributed by atoms with E-state index in [9.17, 15) is 4.79 Å². The third-order valence-corrected chi connectivity index (χ3v) is 2.67. The van der Waals surface area contributed by atoms with Crippen molar-refractivity contribution in [1.29, 1.82) is 0 Å². The molecule has 0 aliphatic carbocycles. The highest BCUT2D eigenvalue weighted by Gasteiger charge is 2.15. The quantitative estimate of drug-likeness (QED) is 0.622. The van der Waals surface area contributed by atoms with Crippen LogP contribution in [0.4, 0.5) is 0 Å².